The third-order valence-electron chi connectivity index (χ3n) is 2.67. The normalized spacial score (nSPS) is 11.5. The maximum atomic E-state index is 12.8. The first-order valence-electron chi connectivity index (χ1n) is 6.10. The average molecular weight is 297 g/mol. The van der Waals surface area contributed by atoms with E-state index in [9.17, 15) is 18.8 Å². The van der Waals surface area contributed by atoms with E-state index in [1.807, 2.05) is 0 Å². The van der Waals surface area contributed by atoms with Crippen LogP contribution in [0.3, 0.4) is 0 Å². The second kappa shape index (κ2) is 7.22. The molecule has 0 spiro atoms. The third kappa shape index (κ3) is 5.47. The summed E-state index contributed by atoms with van der Waals surface area (Å²) in [5.41, 5.74) is 5.61. The molecule has 4 N–H and O–H groups in total. The number of primary amides is 1. The number of urea groups is 1. The molecule has 0 aromatic heterocycles. The second-order valence-electron chi connectivity index (χ2n) is 4.44. The fourth-order valence-corrected chi connectivity index (χ4v) is 1.66. The molecule has 0 aliphatic heterocycles. The Labute approximate surface area is 120 Å². The van der Waals surface area contributed by atoms with E-state index in [-0.39, 0.29) is 0 Å². The molecule has 1 unspecified atom stereocenters. The number of nitrogens with zero attached hydrogens (tertiary/aromatic N) is 1. The Morgan fingerprint density at radius 1 is 1.29 bits per heavy atom. The standard InChI is InChI=1S/C13H16FN3O4/c1-8(9-2-4-10(14)5-3-9)16-13(21)17(6-11(15)18)7-12(19)20/h2-5,8H,6-7H2,1H3,(H2,15,18)(H,16,21)(H,19,20). The van der Waals surface area contributed by atoms with E-state index in [0.717, 1.165) is 4.90 Å². The van der Waals surface area contributed by atoms with Gasteiger partial charge in [0.25, 0.3) is 0 Å². The molecule has 0 saturated carbocycles. The molecule has 0 radical (unpaired) electrons. The SMILES string of the molecule is CC(NC(=O)N(CC(N)=O)CC(=O)O)c1ccc(F)cc1. The highest BCUT2D eigenvalue weighted by Gasteiger charge is 2.20. The van der Waals surface area contributed by atoms with Gasteiger partial charge in [-0.1, -0.05) is 12.1 Å². The van der Waals surface area contributed by atoms with Crippen LogP contribution in [0.15, 0.2) is 24.3 Å². The molecule has 0 aliphatic carbocycles. The van der Waals surface area contributed by atoms with Crippen LogP contribution in [0.2, 0.25) is 0 Å². The highest BCUT2D eigenvalue weighted by molar-refractivity contribution is 5.86. The minimum Gasteiger partial charge on any atom is -0.480 e. The lowest BCUT2D eigenvalue weighted by molar-refractivity contribution is -0.137. The van der Waals surface area contributed by atoms with Gasteiger partial charge in [-0.05, 0) is 24.6 Å². The zero-order chi connectivity index (χ0) is 16.0. The Bertz CT molecular complexity index is 517. The van der Waals surface area contributed by atoms with Gasteiger partial charge in [0.05, 0.1) is 6.04 Å². The summed E-state index contributed by atoms with van der Waals surface area (Å²) in [4.78, 5) is 34.2. The summed E-state index contributed by atoms with van der Waals surface area (Å²) < 4.78 is 12.8. The van der Waals surface area contributed by atoms with Gasteiger partial charge >= 0.3 is 12.0 Å². The van der Waals surface area contributed by atoms with Gasteiger partial charge in [0, 0.05) is 0 Å². The number of amides is 3. The van der Waals surface area contributed by atoms with Crippen molar-refractivity contribution >= 4 is 17.9 Å². The molecule has 0 aliphatic rings. The van der Waals surface area contributed by atoms with E-state index in [1.165, 1.54) is 24.3 Å². The number of carbonyl (C=O) groups is 3. The summed E-state index contributed by atoms with van der Waals surface area (Å²) in [5.74, 6) is -2.49. The molecule has 3 amide bonds. The molecular formula is C13H16FN3O4. The lowest BCUT2D eigenvalue weighted by atomic mass is 10.1. The van der Waals surface area contributed by atoms with Crippen LogP contribution < -0.4 is 11.1 Å². The first-order chi connectivity index (χ1) is 9.79. The summed E-state index contributed by atoms with van der Waals surface area (Å²) in [6.07, 6.45) is 0. The van der Waals surface area contributed by atoms with Crippen LogP contribution in [-0.4, -0.2) is 41.0 Å². The molecule has 1 aromatic carbocycles. The largest absolute Gasteiger partial charge is 0.480 e. The van der Waals surface area contributed by atoms with Gasteiger partial charge in [-0.25, -0.2) is 9.18 Å². The summed E-state index contributed by atoms with van der Waals surface area (Å²) in [5, 5.41) is 11.2. The third-order valence-corrected chi connectivity index (χ3v) is 2.67. The van der Waals surface area contributed by atoms with Crippen molar-refractivity contribution in [2.75, 3.05) is 13.1 Å². The number of carboxylic acid groups (broad SMARTS) is 1. The van der Waals surface area contributed by atoms with Gasteiger partial charge in [-0.3, -0.25) is 9.59 Å². The van der Waals surface area contributed by atoms with Gasteiger partial charge in [-0.15, -0.1) is 0 Å². The zero-order valence-electron chi connectivity index (χ0n) is 11.4. The molecule has 0 bridgehead atoms. The number of hydrogen-bond donors (Lipinski definition) is 3. The number of aliphatic carboxylic acids is 1. The maximum absolute atomic E-state index is 12.8. The first-order valence-corrected chi connectivity index (χ1v) is 6.10. The van der Waals surface area contributed by atoms with Crippen molar-refractivity contribution < 1.29 is 23.9 Å². The Balaban J connectivity index is 2.73. The molecule has 1 rings (SSSR count). The van der Waals surface area contributed by atoms with E-state index in [4.69, 9.17) is 10.8 Å². The van der Waals surface area contributed by atoms with E-state index in [2.05, 4.69) is 5.32 Å². The van der Waals surface area contributed by atoms with Crippen LogP contribution in [-0.2, 0) is 9.59 Å². The Morgan fingerprint density at radius 3 is 2.33 bits per heavy atom. The van der Waals surface area contributed by atoms with Gasteiger partial charge in [0.2, 0.25) is 5.91 Å². The van der Waals surface area contributed by atoms with Crippen LogP contribution in [0.5, 0.6) is 0 Å². The van der Waals surface area contributed by atoms with Crippen LogP contribution in [0.4, 0.5) is 9.18 Å². The molecular weight excluding hydrogens is 281 g/mol. The van der Waals surface area contributed by atoms with E-state index in [1.54, 1.807) is 6.92 Å². The molecule has 1 atom stereocenters. The Hall–Kier alpha value is -2.64. The predicted octanol–water partition coefficient (Wildman–Crippen LogP) is 0.468. The number of carboxylic acids is 1. The lowest BCUT2D eigenvalue weighted by Crippen LogP contribution is -2.47. The molecule has 21 heavy (non-hydrogen) atoms. The van der Waals surface area contributed by atoms with Crippen molar-refractivity contribution in [1.29, 1.82) is 0 Å². The van der Waals surface area contributed by atoms with Crippen LogP contribution in [0.1, 0.15) is 18.5 Å². The van der Waals surface area contributed by atoms with Crippen LogP contribution in [0.25, 0.3) is 0 Å². The highest BCUT2D eigenvalue weighted by atomic mass is 19.1. The monoisotopic (exact) mass is 297 g/mol. The van der Waals surface area contributed by atoms with Crippen molar-refractivity contribution in [2.45, 2.75) is 13.0 Å². The number of nitrogens with two attached hydrogens (primary N) is 1. The minimum atomic E-state index is -1.26. The van der Waals surface area contributed by atoms with Crippen molar-refractivity contribution in [3.05, 3.63) is 35.6 Å². The lowest BCUT2D eigenvalue weighted by Gasteiger charge is -2.22. The number of benzene rings is 1. The number of rotatable bonds is 6. The van der Waals surface area contributed by atoms with E-state index >= 15 is 0 Å². The predicted molar refractivity (Wildman–Crippen MR) is 71.7 cm³/mol. The number of carbonyl (C=O) groups excluding carboxylic acids is 2. The molecule has 0 fully saturated rings. The summed E-state index contributed by atoms with van der Waals surface area (Å²) in [6, 6.07) is 4.26. The van der Waals surface area contributed by atoms with Crippen molar-refractivity contribution in [3.8, 4) is 0 Å². The Kier molecular flexibility index (Phi) is 5.65. The van der Waals surface area contributed by atoms with Crippen molar-refractivity contribution in [1.82, 2.24) is 10.2 Å². The summed E-state index contributed by atoms with van der Waals surface area (Å²) in [7, 11) is 0. The van der Waals surface area contributed by atoms with E-state index < -0.39 is 42.9 Å². The van der Waals surface area contributed by atoms with Gasteiger partial charge in [0.1, 0.15) is 18.9 Å². The molecule has 0 saturated heterocycles. The molecule has 1 aromatic rings. The maximum Gasteiger partial charge on any atom is 0.323 e. The minimum absolute atomic E-state index is 0.404. The zero-order valence-corrected chi connectivity index (χ0v) is 11.4. The molecule has 114 valence electrons. The Morgan fingerprint density at radius 2 is 1.86 bits per heavy atom. The first kappa shape index (κ1) is 16.4. The van der Waals surface area contributed by atoms with E-state index in [0.29, 0.717) is 5.56 Å². The average Bonchev–Trinajstić information content (AvgIpc) is 2.37. The highest BCUT2D eigenvalue weighted by Crippen LogP contribution is 2.13. The molecule has 8 heteroatoms. The van der Waals surface area contributed by atoms with Crippen molar-refractivity contribution in [2.24, 2.45) is 5.73 Å². The van der Waals surface area contributed by atoms with Gasteiger partial charge < -0.3 is 21.1 Å². The fraction of sp³-hybridized carbons (Fsp3) is 0.308. The quantitative estimate of drug-likeness (QED) is 0.708. The smallest absolute Gasteiger partial charge is 0.323 e. The number of halogens is 1. The second-order valence-corrected chi connectivity index (χ2v) is 4.44. The van der Waals surface area contributed by atoms with Crippen LogP contribution >= 0.6 is 0 Å². The van der Waals surface area contributed by atoms with Gasteiger partial charge in [-0.2, -0.15) is 0 Å². The van der Waals surface area contributed by atoms with Crippen LogP contribution in [0, 0.1) is 5.82 Å². The van der Waals surface area contributed by atoms with Gasteiger partial charge in [0.15, 0.2) is 0 Å². The molecule has 0 heterocycles. The number of nitrogens with one attached hydrogen (secondary N) is 1. The van der Waals surface area contributed by atoms with Crippen molar-refractivity contribution in [3.63, 3.8) is 0 Å². The molecule has 7 nitrogen and oxygen atoms in total. The number of hydrogen-bond acceptors (Lipinski definition) is 3. The summed E-state index contributed by atoms with van der Waals surface area (Å²) >= 11 is 0. The topological polar surface area (TPSA) is 113 Å². The fourth-order valence-electron chi connectivity index (χ4n) is 1.66. The summed E-state index contributed by atoms with van der Waals surface area (Å²) in [6.45, 7) is 0.494.